The Kier molecular flexibility index (Phi) is 5.66. The molecule has 0 aliphatic heterocycles. The van der Waals surface area contributed by atoms with E-state index in [0.717, 1.165) is 16.7 Å². The summed E-state index contributed by atoms with van der Waals surface area (Å²) < 4.78 is 5.09. The molecule has 0 atom stereocenters. The average molecular weight is 354 g/mol. The van der Waals surface area contributed by atoms with E-state index in [-0.39, 0.29) is 5.57 Å². The molecule has 0 saturated carbocycles. The van der Waals surface area contributed by atoms with Crippen molar-refractivity contribution < 1.29 is 9.53 Å². The van der Waals surface area contributed by atoms with Crippen molar-refractivity contribution >= 4 is 17.7 Å². The lowest BCUT2D eigenvalue weighted by atomic mass is 10.0. The Hall–Kier alpha value is -3.84. The zero-order valence-electron chi connectivity index (χ0n) is 14.8. The van der Waals surface area contributed by atoms with E-state index in [1.54, 1.807) is 37.5 Å². The summed E-state index contributed by atoms with van der Waals surface area (Å²) in [5.74, 6) is 0.248. The van der Waals surface area contributed by atoms with Crippen molar-refractivity contribution in [2.24, 2.45) is 0 Å². The second-order valence-electron chi connectivity index (χ2n) is 5.84. The number of nitrogens with one attached hydrogen (secondary N) is 1. The van der Waals surface area contributed by atoms with Crippen molar-refractivity contribution in [2.75, 3.05) is 12.4 Å². The van der Waals surface area contributed by atoms with Gasteiger partial charge in [-0.05, 0) is 47.0 Å². The van der Waals surface area contributed by atoms with Gasteiger partial charge in [0.05, 0.1) is 7.11 Å². The Balaban J connectivity index is 1.75. The van der Waals surface area contributed by atoms with Gasteiger partial charge in [0.15, 0.2) is 0 Å². The second-order valence-corrected chi connectivity index (χ2v) is 5.84. The normalized spacial score (nSPS) is 10.7. The highest BCUT2D eigenvalue weighted by Gasteiger charge is 2.09. The first-order valence-corrected chi connectivity index (χ1v) is 8.42. The summed E-state index contributed by atoms with van der Waals surface area (Å²) in [4.78, 5) is 12.4. The quantitative estimate of drug-likeness (QED) is 0.523. The first kappa shape index (κ1) is 18.0. The van der Waals surface area contributed by atoms with E-state index in [2.05, 4.69) is 5.32 Å². The fraction of sp³-hybridized carbons (Fsp3) is 0.0435. The summed E-state index contributed by atoms with van der Waals surface area (Å²) in [6, 6.07) is 26.6. The van der Waals surface area contributed by atoms with Crippen LogP contribution < -0.4 is 10.1 Å². The van der Waals surface area contributed by atoms with Crippen LogP contribution in [0.3, 0.4) is 0 Å². The zero-order valence-corrected chi connectivity index (χ0v) is 14.8. The van der Waals surface area contributed by atoms with E-state index >= 15 is 0 Å². The minimum atomic E-state index is -0.449. The minimum absolute atomic E-state index is 0.0401. The van der Waals surface area contributed by atoms with Gasteiger partial charge in [0.2, 0.25) is 0 Å². The van der Waals surface area contributed by atoms with Gasteiger partial charge in [-0.1, -0.05) is 54.6 Å². The molecule has 0 saturated heterocycles. The van der Waals surface area contributed by atoms with Crippen molar-refractivity contribution in [3.63, 3.8) is 0 Å². The van der Waals surface area contributed by atoms with Crippen LogP contribution in [0.15, 0.2) is 84.4 Å². The molecule has 0 spiro atoms. The lowest BCUT2D eigenvalue weighted by Gasteiger charge is -2.06. The Labute approximate surface area is 158 Å². The maximum absolute atomic E-state index is 12.4. The maximum atomic E-state index is 12.4. The second kappa shape index (κ2) is 8.50. The van der Waals surface area contributed by atoms with Crippen LogP contribution in [0.5, 0.6) is 5.75 Å². The SMILES string of the molecule is COc1ccc(NC(=O)/C(C#N)=C\c2ccc(-c3ccccc3)cc2)cc1. The number of rotatable bonds is 5. The number of methoxy groups -OCH3 is 1. The molecule has 3 aromatic carbocycles. The Bertz CT molecular complexity index is 983. The molecule has 0 bridgehead atoms. The van der Waals surface area contributed by atoms with Crippen LogP contribution in [0.2, 0.25) is 0 Å². The van der Waals surface area contributed by atoms with Crippen LogP contribution in [0.4, 0.5) is 5.69 Å². The fourth-order valence-corrected chi connectivity index (χ4v) is 2.59. The number of anilines is 1. The van der Waals surface area contributed by atoms with Crippen LogP contribution >= 0.6 is 0 Å². The molecule has 132 valence electrons. The number of hydrogen-bond donors (Lipinski definition) is 1. The van der Waals surface area contributed by atoms with Gasteiger partial charge in [-0.2, -0.15) is 5.26 Å². The number of hydrogen-bond acceptors (Lipinski definition) is 3. The molecule has 0 heterocycles. The summed E-state index contributed by atoms with van der Waals surface area (Å²) in [6.45, 7) is 0. The highest BCUT2D eigenvalue weighted by Crippen LogP contribution is 2.21. The van der Waals surface area contributed by atoms with Crippen LogP contribution in [0, 0.1) is 11.3 Å². The summed E-state index contributed by atoms with van der Waals surface area (Å²) in [5, 5.41) is 12.1. The number of ether oxygens (including phenoxy) is 1. The molecule has 4 nitrogen and oxygen atoms in total. The lowest BCUT2D eigenvalue weighted by Crippen LogP contribution is -2.13. The summed E-state index contributed by atoms with van der Waals surface area (Å²) >= 11 is 0. The topological polar surface area (TPSA) is 62.1 Å². The molecule has 3 rings (SSSR count). The molecule has 4 heteroatoms. The third-order valence-corrected chi connectivity index (χ3v) is 4.04. The van der Waals surface area contributed by atoms with Gasteiger partial charge in [-0.3, -0.25) is 4.79 Å². The van der Waals surface area contributed by atoms with Crippen molar-refractivity contribution in [1.82, 2.24) is 0 Å². The predicted molar refractivity (Wildman–Crippen MR) is 107 cm³/mol. The standard InChI is InChI=1S/C23H18N2O2/c1-27-22-13-11-21(12-14-22)25-23(26)20(16-24)15-17-7-9-19(10-8-17)18-5-3-2-4-6-18/h2-15H,1H3,(H,25,26)/b20-15-. The monoisotopic (exact) mass is 354 g/mol. The van der Waals surface area contributed by atoms with Crippen LogP contribution in [0.25, 0.3) is 17.2 Å². The highest BCUT2D eigenvalue weighted by molar-refractivity contribution is 6.09. The Morgan fingerprint density at radius 3 is 2.15 bits per heavy atom. The molecule has 0 radical (unpaired) electrons. The van der Waals surface area contributed by atoms with Gasteiger partial charge in [0.25, 0.3) is 5.91 Å². The van der Waals surface area contributed by atoms with E-state index in [1.165, 1.54) is 0 Å². The highest BCUT2D eigenvalue weighted by atomic mass is 16.5. The van der Waals surface area contributed by atoms with Crippen LogP contribution in [0.1, 0.15) is 5.56 Å². The van der Waals surface area contributed by atoms with E-state index in [0.29, 0.717) is 11.4 Å². The van der Waals surface area contributed by atoms with Crippen molar-refractivity contribution in [1.29, 1.82) is 5.26 Å². The van der Waals surface area contributed by atoms with E-state index < -0.39 is 5.91 Å². The van der Waals surface area contributed by atoms with E-state index in [9.17, 15) is 10.1 Å². The molecule has 0 aliphatic carbocycles. The molecule has 0 fully saturated rings. The number of carbonyl (C=O) groups excluding carboxylic acids is 1. The van der Waals surface area contributed by atoms with Gasteiger partial charge in [0, 0.05) is 5.69 Å². The molecule has 27 heavy (non-hydrogen) atoms. The van der Waals surface area contributed by atoms with Crippen LogP contribution in [-0.4, -0.2) is 13.0 Å². The van der Waals surface area contributed by atoms with Crippen molar-refractivity contribution in [2.45, 2.75) is 0 Å². The molecular weight excluding hydrogens is 336 g/mol. The average Bonchev–Trinajstić information content (AvgIpc) is 2.73. The number of nitriles is 1. The first-order valence-electron chi connectivity index (χ1n) is 8.42. The van der Waals surface area contributed by atoms with Gasteiger partial charge in [-0.15, -0.1) is 0 Å². The maximum Gasteiger partial charge on any atom is 0.266 e. The summed E-state index contributed by atoms with van der Waals surface area (Å²) in [6.07, 6.45) is 1.58. The van der Waals surface area contributed by atoms with E-state index in [1.807, 2.05) is 60.7 Å². The Morgan fingerprint density at radius 1 is 0.926 bits per heavy atom. The molecule has 1 amide bonds. The fourth-order valence-electron chi connectivity index (χ4n) is 2.59. The number of carbonyl (C=O) groups is 1. The smallest absolute Gasteiger partial charge is 0.266 e. The molecule has 1 N–H and O–H groups in total. The third kappa shape index (κ3) is 4.62. The van der Waals surface area contributed by atoms with E-state index in [4.69, 9.17) is 4.74 Å². The largest absolute Gasteiger partial charge is 0.497 e. The minimum Gasteiger partial charge on any atom is -0.497 e. The Morgan fingerprint density at radius 2 is 1.56 bits per heavy atom. The molecule has 0 aromatic heterocycles. The van der Waals surface area contributed by atoms with Gasteiger partial charge in [-0.25, -0.2) is 0 Å². The lowest BCUT2D eigenvalue weighted by molar-refractivity contribution is -0.112. The number of benzene rings is 3. The predicted octanol–water partition coefficient (Wildman–Crippen LogP) is 4.91. The summed E-state index contributed by atoms with van der Waals surface area (Å²) in [7, 11) is 1.58. The van der Waals surface area contributed by atoms with Gasteiger partial charge < -0.3 is 10.1 Å². The number of amides is 1. The third-order valence-electron chi connectivity index (χ3n) is 4.04. The van der Waals surface area contributed by atoms with Crippen molar-refractivity contribution in [3.8, 4) is 22.9 Å². The number of nitrogens with zero attached hydrogens (tertiary/aromatic N) is 1. The van der Waals surface area contributed by atoms with Gasteiger partial charge >= 0.3 is 0 Å². The summed E-state index contributed by atoms with van der Waals surface area (Å²) in [5.41, 5.74) is 3.62. The first-order chi connectivity index (χ1) is 13.2. The zero-order chi connectivity index (χ0) is 19.1. The van der Waals surface area contributed by atoms with Crippen molar-refractivity contribution in [3.05, 3.63) is 90.0 Å². The van der Waals surface area contributed by atoms with Gasteiger partial charge in [0.1, 0.15) is 17.4 Å². The van der Waals surface area contributed by atoms with Crippen LogP contribution in [-0.2, 0) is 4.79 Å². The molecule has 0 unspecified atom stereocenters. The molecule has 0 aliphatic rings. The molecular formula is C23H18N2O2. The molecule has 3 aromatic rings.